The van der Waals surface area contributed by atoms with Gasteiger partial charge in [0.2, 0.25) is 5.91 Å². The Morgan fingerprint density at radius 3 is 2.30 bits per heavy atom. The molecule has 7 nitrogen and oxygen atoms in total. The van der Waals surface area contributed by atoms with Crippen LogP contribution in [0.3, 0.4) is 0 Å². The molecule has 0 radical (unpaired) electrons. The second-order valence-corrected chi connectivity index (χ2v) is 9.72. The van der Waals surface area contributed by atoms with Gasteiger partial charge in [0.05, 0.1) is 11.0 Å². The molecule has 1 aliphatic heterocycles. The van der Waals surface area contributed by atoms with Gasteiger partial charge in [-0.25, -0.2) is 4.98 Å². The maximum Gasteiger partial charge on any atom is 0.573 e. The third-order valence-electron chi connectivity index (χ3n) is 6.98. The van der Waals surface area contributed by atoms with E-state index in [1.54, 1.807) is 12.1 Å². The van der Waals surface area contributed by atoms with Crippen molar-refractivity contribution in [2.24, 2.45) is 0 Å². The lowest BCUT2D eigenvalue weighted by Crippen LogP contribution is -2.48. The van der Waals surface area contributed by atoms with Gasteiger partial charge >= 0.3 is 6.36 Å². The highest BCUT2D eigenvalue weighted by Gasteiger charge is 2.31. The van der Waals surface area contributed by atoms with Gasteiger partial charge in [-0.1, -0.05) is 37.3 Å². The third-order valence-corrected chi connectivity index (χ3v) is 6.98. The number of nitrogens with zero attached hydrogens (tertiary/aromatic N) is 4. The Bertz CT molecular complexity index is 1450. The van der Waals surface area contributed by atoms with E-state index in [2.05, 4.69) is 15.7 Å². The van der Waals surface area contributed by atoms with Crippen LogP contribution in [0, 0.1) is 0 Å². The zero-order chi connectivity index (χ0) is 28.3. The molecule has 4 aromatic rings. The molecule has 0 N–H and O–H groups in total. The molecule has 2 heterocycles. The predicted octanol–water partition coefficient (Wildman–Crippen LogP) is 6.18. The van der Waals surface area contributed by atoms with Gasteiger partial charge in [-0.2, -0.15) is 0 Å². The number of rotatable bonds is 8. The van der Waals surface area contributed by atoms with Crippen LogP contribution in [0.5, 0.6) is 11.5 Å². The molecule has 1 fully saturated rings. The van der Waals surface area contributed by atoms with Crippen LogP contribution in [0.2, 0.25) is 0 Å². The van der Waals surface area contributed by atoms with Crippen LogP contribution < -0.4 is 14.4 Å². The fourth-order valence-corrected chi connectivity index (χ4v) is 4.98. The molecule has 210 valence electrons. The Morgan fingerprint density at radius 2 is 1.65 bits per heavy atom. The first-order valence-electron chi connectivity index (χ1n) is 13.3. The Hall–Kier alpha value is -4.21. The van der Waals surface area contributed by atoms with Crippen molar-refractivity contribution in [3.63, 3.8) is 0 Å². The van der Waals surface area contributed by atoms with Gasteiger partial charge in [-0.05, 0) is 55.0 Å². The van der Waals surface area contributed by atoms with Crippen LogP contribution in [0.1, 0.15) is 37.8 Å². The van der Waals surface area contributed by atoms with Crippen LogP contribution in [0.25, 0.3) is 11.0 Å². The summed E-state index contributed by atoms with van der Waals surface area (Å²) >= 11 is 0. The number of hydrogen-bond donors (Lipinski definition) is 0. The van der Waals surface area contributed by atoms with E-state index in [0.717, 1.165) is 35.4 Å². The number of aromatic nitrogens is 2. The summed E-state index contributed by atoms with van der Waals surface area (Å²) in [5.74, 6) is 1.31. The summed E-state index contributed by atoms with van der Waals surface area (Å²) < 4.78 is 50.2. The third kappa shape index (κ3) is 6.32. The smallest absolute Gasteiger partial charge is 0.483 e. The van der Waals surface area contributed by atoms with Crippen molar-refractivity contribution in [3.05, 3.63) is 84.2 Å². The van der Waals surface area contributed by atoms with Crippen molar-refractivity contribution in [1.82, 2.24) is 14.5 Å². The molecular formula is C30H31F3N4O3. The number of para-hydroxylation sites is 1. The number of fused-ring (bicyclic) bond motifs is 1. The van der Waals surface area contributed by atoms with Crippen molar-refractivity contribution >= 4 is 22.6 Å². The minimum atomic E-state index is -4.74. The molecule has 10 heteroatoms. The number of carbonyl (C=O) groups excluding carboxylic acids is 1. The van der Waals surface area contributed by atoms with Crippen molar-refractivity contribution < 1.29 is 27.4 Å². The lowest BCUT2D eigenvalue weighted by molar-refractivity contribution is -0.274. The number of imidazole rings is 1. The van der Waals surface area contributed by atoms with Crippen molar-refractivity contribution in [2.75, 3.05) is 31.1 Å². The topological polar surface area (TPSA) is 59.8 Å². The number of ether oxygens (including phenoxy) is 2. The van der Waals surface area contributed by atoms with E-state index in [-0.39, 0.29) is 11.7 Å². The SMILES string of the molecule is CCC(=O)N1CCN(c2ccc3nc(C(C)Oc4ccccc4)n(Cc4ccc(OC(F)(F)F)cc4)c3c2)CC1. The summed E-state index contributed by atoms with van der Waals surface area (Å²) in [6, 6.07) is 21.4. The van der Waals surface area contributed by atoms with Gasteiger partial charge in [0.15, 0.2) is 11.9 Å². The average Bonchev–Trinajstić information content (AvgIpc) is 3.31. The quantitative estimate of drug-likeness (QED) is 0.261. The van der Waals surface area contributed by atoms with E-state index < -0.39 is 12.5 Å². The molecule has 1 saturated heterocycles. The molecule has 1 aromatic heterocycles. The van der Waals surface area contributed by atoms with E-state index >= 15 is 0 Å². The second-order valence-electron chi connectivity index (χ2n) is 9.72. The summed E-state index contributed by atoms with van der Waals surface area (Å²) in [6.45, 7) is 6.98. The number of hydrogen-bond acceptors (Lipinski definition) is 5. The Kier molecular flexibility index (Phi) is 7.86. The summed E-state index contributed by atoms with van der Waals surface area (Å²) in [4.78, 5) is 21.2. The first-order chi connectivity index (χ1) is 19.2. The summed E-state index contributed by atoms with van der Waals surface area (Å²) in [6.07, 6.45) is -4.64. The zero-order valence-electron chi connectivity index (χ0n) is 22.4. The minimum absolute atomic E-state index is 0.164. The van der Waals surface area contributed by atoms with Gasteiger partial charge in [-0.15, -0.1) is 13.2 Å². The highest BCUT2D eigenvalue weighted by Crippen LogP contribution is 2.30. The number of alkyl halides is 3. The molecule has 0 spiro atoms. The Balaban J connectivity index is 1.46. The Labute approximate surface area is 230 Å². The first-order valence-corrected chi connectivity index (χ1v) is 13.3. The second kappa shape index (κ2) is 11.5. The fraction of sp³-hybridized carbons (Fsp3) is 0.333. The largest absolute Gasteiger partial charge is 0.573 e. The maximum atomic E-state index is 12.6. The molecule has 1 unspecified atom stereocenters. The standard InChI is InChI=1S/C30H31F3N4O3/c1-3-28(38)36-17-15-35(16-18-36)23-11-14-26-27(19-23)37(20-22-9-12-25(13-10-22)40-30(31,32)33)29(34-26)21(2)39-24-7-5-4-6-8-24/h4-14,19,21H,3,15-18,20H2,1-2H3. The van der Waals surface area contributed by atoms with Gasteiger partial charge in [-0.3, -0.25) is 4.79 Å². The van der Waals surface area contributed by atoms with E-state index in [1.165, 1.54) is 12.1 Å². The van der Waals surface area contributed by atoms with E-state index in [1.807, 2.05) is 65.8 Å². The van der Waals surface area contributed by atoms with Gasteiger partial charge in [0.25, 0.3) is 0 Å². The van der Waals surface area contributed by atoms with Crippen LogP contribution in [-0.2, 0) is 11.3 Å². The molecule has 0 aliphatic carbocycles. The van der Waals surface area contributed by atoms with Gasteiger partial charge in [0, 0.05) is 44.8 Å². The molecular weight excluding hydrogens is 521 g/mol. The number of amides is 1. The van der Waals surface area contributed by atoms with Crippen LogP contribution in [0.15, 0.2) is 72.8 Å². The van der Waals surface area contributed by atoms with Crippen molar-refractivity contribution in [3.8, 4) is 11.5 Å². The Morgan fingerprint density at radius 1 is 0.950 bits per heavy atom. The number of carbonyl (C=O) groups is 1. The molecule has 1 atom stereocenters. The molecule has 3 aromatic carbocycles. The highest BCUT2D eigenvalue weighted by molar-refractivity contribution is 5.81. The molecule has 1 aliphatic rings. The molecule has 1 amide bonds. The monoisotopic (exact) mass is 552 g/mol. The fourth-order valence-electron chi connectivity index (χ4n) is 4.98. The van der Waals surface area contributed by atoms with Crippen LogP contribution >= 0.6 is 0 Å². The highest BCUT2D eigenvalue weighted by atomic mass is 19.4. The van der Waals surface area contributed by atoms with Crippen molar-refractivity contribution in [1.29, 1.82) is 0 Å². The van der Waals surface area contributed by atoms with Crippen molar-refractivity contribution in [2.45, 2.75) is 39.3 Å². The minimum Gasteiger partial charge on any atom is -0.483 e. The summed E-state index contributed by atoms with van der Waals surface area (Å²) in [7, 11) is 0. The summed E-state index contributed by atoms with van der Waals surface area (Å²) in [5, 5.41) is 0. The number of anilines is 1. The molecule has 0 bridgehead atoms. The maximum absolute atomic E-state index is 12.6. The lowest BCUT2D eigenvalue weighted by Gasteiger charge is -2.36. The zero-order valence-corrected chi connectivity index (χ0v) is 22.4. The predicted molar refractivity (Wildman–Crippen MR) is 147 cm³/mol. The number of halogens is 3. The molecule has 40 heavy (non-hydrogen) atoms. The van der Waals surface area contributed by atoms with E-state index in [0.29, 0.717) is 37.6 Å². The number of piperazine rings is 1. The van der Waals surface area contributed by atoms with Gasteiger partial charge < -0.3 is 23.8 Å². The normalized spacial score (nSPS) is 14.8. The van der Waals surface area contributed by atoms with Gasteiger partial charge in [0.1, 0.15) is 11.5 Å². The summed E-state index contributed by atoms with van der Waals surface area (Å²) in [5.41, 5.74) is 3.49. The van der Waals surface area contributed by atoms with Crippen LogP contribution in [-0.4, -0.2) is 52.9 Å². The number of benzene rings is 3. The lowest BCUT2D eigenvalue weighted by atomic mass is 10.2. The van der Waals surface area contributed by atoms with Crippen LogP contribution in [0.4, 0.5) is 18.9 Å². The van der Waals surface area contributed by atoms with E-state index in [4.69, 9.17) is 9.72 Å². The average molecular weight is 553 g/mol. The molecule has 5 rings (SSSR count). The first kappa shape index (κ1) is 27.4. The van der Waals surface area contributed by atoms with E-state index in [9.17, 15) is 18.0 Å². The molecule has 0 saturated carbocycles.